The molecule has 1 aliphatic rings. The Bertz CT molecular complexity index is 439. The van der Waals surface area contributed by atoms with Crippen molar-refractivity contribution in [2.75, 3.05) is 25.1 Å². The molecule has 0 spiro atoms. The summed E-state index contributed by atoms with van der Waals surface area (Å²) in [5, 5.41) is 4.76. The van der Waals surface area contributed by atoms with Gasteiger partial charge in [0.25, 0.3) is 0 Å². The lowest BCUT2D eigenvalue weighted by atomic mass is 9.79. The van der Waals surface area contributed by atoms with Crippen LogP contribution >= 0.6 is 11.3 Å². The van der Waals surface area contributed by atoms with Crippen LogP contribution in [-0.4, -0.2) is 30.6 Å². The molecule has 1 aromatic heterocycles. The molecule has 0 atom stereocenters. The summed E-state index contributed by atoms with van der Waals surface area (Å²) in [5.74, 6) is 0.0000463. The number of nitrogens with one attached hydrogen (secondary N) is 1. The third kappa shape index (κ3) is 2.55. The van der Waals surface area contributed by atoms with Crippen molar-refractivity contribution in [2.24, 2.45) is 11.1 Å². The van der Waals surface area contributed by atoms with E-state index in [1.807, 2.05) is 13.8 Å². The van der Waals surface area contributed by atoms with Gasteiger partial charge in [-0.15, -0.1) is 11.3 Å². The van der Waals surface area contributed by atoms with Crippen LogP contribution in [-0.2, 0) is 9.53 Å². The van der Waals surface area contributed by atoms with Gasteiger partial charge in [-0.1, -0.05) is 0 Å². The second-order valence-corrected chi connectivity index (χ2v) is 5.90. The number of anilines is 1. The van der Waals surface area contributed by atoms with E-state index in [1.165, 1.54) is 11.3 Å². The smallest absolute Gasteiger partial charge is 0.232 e. The highest BCUT2D eigenvalue weighted by atomic mass is 32.1. The van der Waals surface area contributed by atoms with Gasteiger partial charge < -0.3 is 15.8 Å². The first-order valence-electron chi connectivity index (χ1n) is 6.11. The molecule has 100 valence electrons. The van der Waals surface area contributed by atoms with E-state index in [0.29, 0.717) is 32.6 Å². The standard InChI is InChI=1S/C12H19N3O2S/c1-8-10(18-9(2)14-8)15-11(16)12(7-13)3-5-17-6-4-12/h3-7,13H2,1-2H3,(H,15,16). The lowest BCUT2D eigenvalue weighted by Gasteiger charge is -2.34. The fourth-order valence-corrected chi connectivity index (χ4v) is 2.98. The number of aryl methyl sites for hydroxylation is 2. The molecule has 0 saturated carbocycles. The van der Waals surface area contributed by atoms with Crippen LogP contribution in [0, 0.1) is 19.3 Å². The van der Waals surface area contributed by atoms with Gasteiger partial charge in [-0.3, -0.25) is 4.79 Å². The second-order valence-electron chi connectivity index (χ2n) is 4.70. The van der Waals surface area contributed by atoms with Gasteiger partial charge >= 0.3 is 0 Å². The molecule has 1 saturated heterocycles. The Hall–Kier alpha value is -0.980. The van der Waals surface area contributed by atoms with Crippen molar-refractivity contribution in [1.82, 2.24) is 4.98 Å². The highest BCUT2D eigenvalue weighted by Gasteiger charge is 2.39. The summed E-state index contributed by atoms with van der Waals surface area (Å²) in [5.41, 5.74) is 6.19. The van der Waals surface area contributed by atoms with Gasteiger partial charge in [-0.25, -0.2) is 4.98 Å². The van der Waals surface area contributed by atoms with Crippen LogP contribution in [0.1, 0.15) is 23.5 Å². The van der Waals surface area contributed by atoms with Crippen LogP contribution < -0.4 is 11.1 Å². The van der Waals surface area contributed by atoms with Crippen molar-refractivity contribution in [3.8, 4) is 0 Å². The molecule has 0 aromatic carbocycles. The van der Waals surface area contributed by atoms with E-state index in [2.05, 4.69) is 10.3 Å². The van der Waals surface area contributed by atoms with Gasteiger partial charge in [0.2, 0.25) is 5.91 Å². The fourth-order valence-electron chi connectivity index (χ4n) is 2.17. The first-order valence-corrected chi connectivity index (χ1v) is 6.92. The number of amides is 1. The van der Waals surface area contributed by atoms with Crippen molar-refractivity contribution >= 4 is 22.2 Å². The first kappa shape index (κ1) is 13.5. The number of nitrogens with zero attached hydrogens (tertiary/aromatic N) is 1. The van der Waals surface area contributed by atoms with Crippen LogP contribution in [0.25, 0.3) is 0 Å². The first-order chi connectivity index (χ1) is 8.57. The van der Waals surface area contributed by atoms with Crippen LogP contribution in [0.15, 0.2) is 0 Å². The minimum absolute atomic E-state index is 0.0000463. The lowest BCUT2D eigenvalue weighted by Crippen LogP contribution is -2.46. The molecular formula is C12H19N3O2S. The molecule has 0 bridgehead atoms. The molecule has 0 aliphatic carbocycles. The minimum atomic E-state index is -0.484. The van der Waals surface area contributed by atoms with Crippen molar-refractivity contribution in [3.05, 3.63) is 10.7 Å². The van der Waals surface area contributed by atoms with Gasteiger partial charge in [0.05, 0.1) is 16.1 Å². The molecule has 2 heterocycles. The average molecular weight is 269 g/mol. The molecule has 6 heteroatoms. The van der Waals surface area contributed by atoms with Crippen molar-refractivity contribution in [2.45, 2.75) is 26.7 Å². The zero-order valence-electron chi connectivity index (χ0n) is 10.8. The quantitative estimate of drug-likeness (QED) is 0.870. The molecule has 1 aliphatic heterocycles. The zero-order chi connectivity index (χ0) is 13.2. The molecule has 0 unspecified atom stereocenters. The van der Waals surface area contributed by atoms with Crippen LogP contribution in [0.4, 0.5) is 5.00 Å². The van der Waals surface area contributed by atoms with E-state index in [4.69, 9.17) is 10.5 Å². The van der Waals surface area contributed by atoms with Crippen molar-refractivity contribution in [3.63, 3.8) is 0 Å². The predicted octanol–water partition coefficient (Wildman–Crippen LogP) is 1.45. The molecule has 2 rings (SSSR count). The third-order valence-corrected chi connectivity index (χ3v) is 4.44. The molecule has 1 fully saturated rings. The van der Waals surface area contributed by atoms with Crippen LogP contribution in [0.2, 0.25) is 0 Å². The largest absolute Gasteiger partial charge is 0.381 e. The number of carbonyl (C=O) groups is 1. The number of hydrogen-bond donors (Lipinski definition) is 2. The van der Waals surface area contributed by atoms with Gasteiger partial charge in [-0.2, -0.15) is 0 Å². The van der Waals surface area contributed by atoms with Crippen LogP contribution in [0.3, 0.4) is 0 Å². The number of nitrogens with two attached hydrogens (primary N) is 1. The Morgan fingerprint density at radius 2 is 2.17 bits per heavy atom. The van der Waals surface area contributed by atoms with Crippen molar-refractivity contribution < 1.29 is 9.53 Å². The van der Waals surface area contributed by atoms with E-state index in [-0.39, 0.29) is 5.91 Å². The molecular weight excluding hydrogens is 250 g/mol. The summed E-state index contributed by atoms with van der Waals surface area (Å²) >= 11 is 1.50. The molecule has 0 radical (unpaired) electrons. The molecule has 5 nitrogen and oxygen atoms in total. The van der Waals surface area contributed by atoms with E-state index < -0.39 is 5.41 Å². The maximum Gasteiger partial charge on any atom is 0.232 e. The lowest BCUT2D eigenvalue weighted by molar-refractivity contribution is -0.130. The Morgan fingerprint density at radius 1 is 1.50 bits per heavy atom. The number of ether oxygens (including phenoxy) is 1. The summed E-state index contributed by atoms with van der Waals surface area (Å²) in [7, 11) is 0. The summed E-state index contributed by atoms with van der Waals surface area (Å²) in [6.07, 6.45) is 1.37. The van der Waals surface area contributed by atoms with Gasteiger partial charge in [-0.05, 0) is 26.7 Å². The summed E-state index contributed by atoms with van der Waals surface area (Å²) < 4.78 is 5.31. The Kier molecular flexibility index (Phi) is 3.99. The normalized spacial score (nSPS) is 18.6. The second kappa shape index (κ2) is 5.34. The number of hydrogen-bond acceptors (Lipinski definition) is 5. The molecule has 3 N–H and O–H groups in total. The van der Waals surface area contributed by atoms with E-state index in [0.717, 1.165) is 15.7 Å². The maximum atomic E-state index is 12.4. The highest BCUT2D eigenvalue weighted by molar-refractivity contribution is 7.16. The molecule has 1 aromatic rings. The Morgan fingerprint density at radius 3 is 2.67 bits per heavy atom. The fraction of sp³-hybridized carbons (Fsp3) is 0.667. The zero-order valence-corrected chi connectivity index (χ0v) is 11.6. The summed E-state index contributed by atoms with van der Waals surface area (Å²) in [6.45, 7) is 5.40. The third-order valence-electron chi connectivity index (χ3n) is 3.45. The van der Waals surface area contributed by atoms with E-state index >= 15 is 0 Å². The van der Waals surface area contributed by atoms with Gasteiger partial charge in [0.15, 0.2) is 0 Å². The topological polar surface area (TPSA) is 77.2 Å². The predicted molar refractivity (Wildman–Crippen MR) is 71.8 cm³/mol. The number of rotatable bonds is 3. The maximum absolute atomic E-state index is 12.4. The van der Waals surface area contributed by atoms with Gasteiger partial charge in [0, 0.05) is 19.8 Å². The molecule has 1 amide bonds. The SMILES string of the molecule is Cc1nc(C)c(NC(=O)C2(CN)CCOCC2)s1. The Balaban J connectivity index is 2.12. The minimum Gasteiger partial charge on any atom is -0.381 e. The summed E-state index contributed by atoms with van der Waals surface area (Å²) in [4.78, 5) is 16.7. The van der Waals surface area contributed by atoms with Crippen molar-refractivity contribution in [1.29, 1.82) is 0 Å². The van der Waals surface area contributed by atoms with E-state index in [9.17, 15) is 4.79 Å². The van der Waals surface area contributed by atoms with Gasteiger partial charge in [0.1, 0.15) is 5.00 Å². The monoisotopic (exact) mass is 269 g/mol. The average Bonchev–Trinajstić information content (AvgIpc) is 2.68. The Labute approximate surface area is 111 Å². The number of aromatic nitrogens is 1. The number of thiazole rings is 1. The highest BCUT2D eigenvalue weighted by Crippen LogP contribution is 2.32. The molecule has 18 heavy (non-hydrogen) atoms. The summed E-state index contributed by atoms with van der Waals surface area (Å²) in [6, 6.07) is 0. The number of carbonyl (C=O) groups excluding carboxylic acids is 1. The van der Waals surface area contributed by atoms with Crippen LogP contribution in [0.5, 0.6) is 0 Å². The van der Waals surface area contributed by atoms with E-state index in [1.54, 1.807) is 0 Å².